The van der Waals surface area contributed by atoms with E-state index in [4.69, 9.17) is 22.1 Å². The Morgan fingerprint density at radius 3 is 2.96 bits per heavy atom. The van der Waals surface area contributed by atoms with Gasteiger partial charge in [-0.2, -0.15) is 9.78 Å². The molecule has 1 aromatic carbocycles. The highest BCUT2D eigenvalue weighted by Crippen LogP contribution is 2.24. The molecule has 10 nitrogen and oxygen atoms in total. The predicted molar refractivity (Wildman–Crippen MR) is 86.3 cm³/mol. The molecule has 2 amide bonds. The van der Waals surface area contributed by atoms with E-state index < -0.39 is 16.8 Å². The van der Waals surface area contributed by atoms with Crippen molar-refractivity contribution < 1.29 is 14.5 Å². The van der Waals surface area contributed by atoms with Crippen LogP contribution in [0, 0.1) is 10.1 Å². The number of aromatic nitrogens is 2. The number of halogens is 1. The first-order valence-electron chi connectivity index (χ1n) is 6.53. The van der Waals surface area contributed by atoms with Crippen LogP contribution in [0.5, 0.6) is 5.75 Å². The molecule has 126 valence electrons. The smallest absolute Gasteiger partial charge is 0.408 e. The number of primary amides is 1. The van der Waals surface area contributed by atoms with E-state index in [2.05, 4.69) is 15.6 Å². The fourth-order valence-corrected chi connectivity index (χ4v) is 2.16. The first-order valence-corrected chi connectivity index (χ1v) is 6.91. The van der Waals surface area contributed by atoms with Gasteiger partial charge in [-0.3, -0.25) is 0 Å². The zero-order valence-electron chi connectivity index (χ0n) is 12.5. The van der Waals surface area contributed by atoms with Gasteiger partial charge in [0.25, 0.3) is 0 Å². The molecule has 0 fully saturated rings. The van der Waals surface area contributed by atoms with Gasteiger partial charge >= 0.3 is 11.8 Å². The minimum absolute atomic E-state index is 0.0534. The van der Waals surface area contributed by atoms with Gasteiger partial charge in [0.1, 0.15) is 5.75 Å². The number of nitro groups is 1. The molecule has 0 saturated heterocycles. The third-order valence-corrected chi connectivity index (χ3v) is 3.16. The third-order valence-electron chi connectivity index (χ3n) is 2.90. The number of nitrogens with zero attached hydrogens (tertiary/aromatic N) is 4. The average molecular weight is 353 g/mol. The van der Waals surface area contributed by atoms with Crippen LogP contribution in [0.1, 0.15) is 11.1 Å². The maximum atomic E-state index is 10.8. The van der Waals surface area contributed by atoms with E-state index in [0.717, 1.165) is 0 Å². The summed E-state index contributed by atoms with van der Waals surface area (Å²) in [6.45, 7) is 0.196. The third kappa shape index (κ3) is 4.20. The molecule has 0 spiro atoms. The summed E-state index contributed by atoms with van der Waals surface area (Å²) in [6, 6.07) is 4.36. The van der Waals surface area contributed by atoms with Gasteiger partial charge in [-0.15, -0.1) is 0 Å². The van der Waals surface area contributed by atoms with Crippen molar-refractivity contribution in [2.45, 2.75) is 6.54 Å². The molecule has 1 aromatic heterocycles. The molecule has 0 unspecified atom stereocenters. The number of benzene rings is 1. The van der Waals surface area contributed by atoms with E-state index in [1.165, 1.54) is 24.2 Å². The second kappa shape index (κ2) is 7.42. The summed E-state index contributed by atoms with van der Waals surface area (Å²) < 4.78 is 6.59. The second-order valence-electron chi connectivity index (χ2n) is 4.56. The highest BCUT2D eigenvalue weighted by molar-refractivity contribution is 6.32. The molecule has 0 aliphatic rings. The Labute approximate surface area is 141 Å². The Bertz CT molecular complexity index is 804. The van der Waals surface area contributed by atoms with Gasteiger partial charge < -0.3 is 20.6 Å². The lowest BCUT2D eigenvalue weighted by Crippen LogP contribution is -2.24. The lowest BCUT2D eigenvalue weighted by atomic mass is 10.1. The maximum absolute atomic E-state index is 10.8. The van der Waals surface area contributed by atoms with Crippen LogP contribution in [-0.4, -0.2) is 34.1 Å². The van der Waals surface area contributed by atoms with Crippen LogP contribution in [0.2, 0.25) is 5.02 Å². The van der Waals surface area contributed by atoms with Crippen LogP contribution in [0.4, 0.5) is 10.6 Å². The summed E-state index contributed by atoms with van der Waals surface area (Å²) in [7, 11) is 1.50. The van der Waals surface area contributed by atoms with E-state index in [1.54, 1.807) is 18.2 Å². The Hall–Kier alpha value is -3.14. The standard InChI is InChI=1S/C13H13ClN6O4/c1-24-11-3-2-8(5-16-17-13(15)21)4-9(11)6-19-7-10(14)12(18-19)20(22)23/h2-5,7H,6H2,1H3,(H3,15,17,21). The summed E-state index contributed by atoms with van der Waals surface area (Å²) in [5.74, 6) is 0.142. The zero-order chi connectivity index (χ0) is 17.7. The number of ether oxygens (including phenoxy) is 1. The number of methoxy groups -OCH3 is 1. The summed E-state index contributed by atoms with van der Waals surface area (Å²) in [5, 5.41) is 18.2. The Morgan fingerprint density at radius 1 is 1.62 bits per heavy atom. The summed E-state index contributed by atoms with van der Waals surface area (Å²) >= 11 is 5.78. The fraction of sp³-hybridized carbons (Fsp3) is 0.154. The number of hydrogen-bond acceptors (Lipinski definition) is 6. The van der Waals surface area contributed by atoms with Crippen LogP contribution in [0.15, 0.2) is 29.5 Å². The SMILES string of the molecule is COc1ccc(C=NNC(N)=O)cc1Cn1cc(Cl)c([N+](=O)[O-])n1. The molecule has 2 rings (SSSR count). The number of carbonyl (C=O) groups excluding carboxylic acids is 1. The predicted octanol–water partition coefficient (Wildman–Crippen LogP) is 1.50. The lowest BCUT2D eigenvalue weighted by Gasteiger charge is -2.08. The summed E-state index contributed by atoms with van der Waals surface area (Å²) in [5.41, 5.74) is 8.34. The van der Waals surface area contributed by atoms with Crippen molar-refractivity contribution in [2.24, 2.45) is 10.8 Å². The van der Waals surface area contributed by atoms with Crippen molar-refractivity contribution in [1.29, 1.82) is 0 Å². The first kappa shape index (κ1) is 17.2. The van der Waals surface area contributed by atoms with E-state index in [1.807, 2.05) is 0 Å². The molecule has 0 aliphatic heterocycles. The molecule has 0 bridgehead atoms. The molecular formula is C13H13ClN6O4. The minimum atomic E-state index is -0.779. The maximum Gasteiger partial charge on any atom is 0.408 e. The van der Waals surface area contributed by atoms with Crippen LogP contribution in [0.3, 0.4) is 0 Å². The molecule has 0 atom stereocenters. The Balaban J connectivity index is 2.27. The highest BCUT2D eigenvalue weighted by atomic mass is 35.5. The number of nitrogens with two attached hydrogens (primary N) is 1. The van der Waals surface area contributed by atoms with Gasteiger partial charge in [0.15, 0.2) is 5.02 Å². The molecule has 24 heavy (non-hydrogen) atoms. The van der Waals surface area contributed by atoms with Gasteiger partial charge in [-0.1, -0.05) is 11.6 Å². The van der Waals surface area contributed by atoms with Gasteiger partial charge in [-0.05, 0) is 28.7 Å². The van der Waals surface area contributed by atoms with Crippen LogP contribution < -0.4 is 15.9 Å². The number of urea groups is 1. The minimum Gasteiger partial charge on any atom is -0.496 e. The van der Waals surface area contributed by atoms with Crippen molar-refractivity contribution in [1.82, 2.24) is 15.2 Å². The first-order chi connectivity index (χ1) is 11.4. The van der Waals surface area contributed by atoms with E-state index in [0.29, 0.717) is 16.9 Å². The number of hydrazone groups is 1. The van der Waals surface area contributed by atoms with Gasteiger partial charge in [-0.25, -0.2) is 10.2 Å². The number of amides is 2. The van der Waals surface area contributed by atoms with Crippen molar-refractivity contribution in [3.63, 3.8) is 0 Å². The number of rotatable bonds is 6. The van der Waals surface area contributed by atoms with E-state index in [-0.39, 0.29) is 11.6 Å². The van der Waals surface area contributed by atoms with Crippen LogP contribution in [-0.2, 0) is 6.54 Å². The molecule has 0 saturated carbocycles. The fourth-order valence-electron chi connectivity index (χ4n) is 1.94. The van der Waals surface area contributed by atoms with Crippen molar-refractivity contribution >= 4 is 29.7 Å². The molecule has 3 N–H and O–H groups in total. The van der Waals surface area contributed by atoms with Crippen molar-refractivity contribution in [3.05, 3.63) is 50.7 Å². The lowest BCUT2D eigenvalue weighted by molar-refractivity contribution is -0.389. The monoisotopic (exact) mass is 352 g/mol. The van der Waals surface area contributed by atoms with Gasteiger partial charge in [0, 0.05) is 5.56 Å². The van der Waals surface area contributed by atoms with Crippen molar-refractivity contribution in [2.75, 3.05) is 7.11 Å². The number of nitrogens with one attached hydrogen (secondary N) is 1. The van der Waals surface area contributed by atoms with Crippen LogP contribution >= 0.6 is 11.6 Å². The van der Waals surface area contributed by atoms with Gasteiger partial charge in [0.05, 0.1) is 31.2 Å². The molecule has 1 heterocycles. The largest absolute Gasteiger partial charge is 0.496 e. The van der Waals surface area contributed by atoms with Gasteiger partial charge in [0.2, 0.25) is 0 Å². The van der Waals surface area contributed by atoms with E-state index in [9.17, 15) is 14.9 Å². The molecule has 0 radical (unpaired) electrons. The van der Waals surface area contributed by atoms with Crippen LogP contribution in [0.25, 0.3) is 0 Å². The molecule has 0 aliphatic carbocycles. The summed E-state index contributed by atoms with van der Waals surface area (Å²) in [6.07, 6.45) is 2.75. The number of hydrogen-bond donors (Lipinski definition) is 2. The molecule has 2 aromatic rings. The van der Waals surface area contributed by atoms with E-state index >= 15 is 0 Å². The Morgan fingerprint density at radius 2 is 2.38 bits per heavy atom. The normalized spacial score (nSPS) is 10.8. The van der Waals surface area contributed by atoms with Crippen molar-refractivity contribution in [3.8, 4) is 5.75 Å². The molecule has 11 heteroatoms. The zero-order valence-corrected chi connectivity index (χ0v) is 13.2. The highest BCUT2D eigenvalue weighted by Gasteiger charge is 2.19. The quantitative estimate of drug-likeness (QED) is 0.461. The molecular weight excluding hydrogens is 340 g/mol. The topological polar surface area (TPSA) is 138 Å². The average Bonchev–Trinajstić information content (AvgIpc) is 2.88. The Kier molecular flexibility index (Phi) is 5.32. The number of carbonyl (C=O) groups is 1. The second-order valence-corrected chi connectivity index (χ2v) is 4.97. The summed E-state index contributed by atoms with van der Waals surface area (Å²) in [4.78, 5) is 20.7.